The Bertz CT molecular complexity index is 628. The fraction of sp³-hybridized carbons (Fsp3) is 0.214. The fourth-order valence-corrected chi connectivity index (χ4v) is 1.73. The van der Waals surface area contributed by atoms with Gasteiger partial charge in [-0.3, -0.25) is 0 Å². The third kappa shape index (κ3) is 3.25. The minimum atomic E-state index is -4.44. The van der Waals surface area contributed by atoms with Crippen LogP contribution in [-0.4, -0.2) is 18.2 Å². The van der Waals surface area contributed by atoms with Crippen LogP contribution in [0.2, 0.25) is 0 Å². The van der Waals surface area contributed by atoms with E-state index in [1.54, 1.807) is 0 Å². The van der Waals surface area contributed by atoms with E-state index in [9.17, 15) is 23.1 Å². The zero-order valence-corrected chi connectivity index (χ0v) is 10.8. The van der Waals surface area contributed by atoms with Crippen LogP contribution in [0.1, 0.15) is 33.5 Å². The van der Waals surface area contributed by atoms with E-state index in [4.69, 9.17) is 4.42 Å². The number of methoxy groups -OCH3 is 1. The van der Waals surface area contributed by atoms with Crippen LogP contribution in [0, 0.1) is 0 Å². The van der Waals surface area contributed by atoms with Crippen LogP contribution in [0.4, 0.5) is 13.2 Å². The van der Waals surface area contributed by atoms with Gasteiger partial charge in [-0.15, -0.1) is 0 Å². The minimum Gasteiger partial charge on any atom is -0.463 e. The van der Waals surface area contributed by atoms with Gasteiger partial charge < -0.3 is 14.3 Å². The molecule has 0 saturated heterocycles. The van der Waals surface area contributed by atoms with Crippen molar-refractivity contribution in [3.8, 4) is 0 Å². The molecular weight excluding hydrogens is 289 g/mol. The number of furan rings is 1. The van der Waals surface area contributed by atoms with E-state index in [1.165, 1.54) is 19.2 Å². The minimum absolute atomic E-state index is 0.0372. The number of rotatable bonds is 3. The van der Waals surface area contributed by atoms with Crippen molar-refractivity contribution in [3.05, 3.63) is 59.0 Å². The summed E-state index contributed by atoms with van der Waals surface area (Å²) in [7, 11) is 1.18. The summed E-state index contributed by atoms with van der Waals surface area (Å²) in [6, 6.07) is 6.69. The van der Waals surface area contributed by atoms with Crippen LogP contribution in [0.15, 0.2) is 40.8 Å². The van der Waals surface area contributed by atoms with E-state index in [0.29, 0.717) is 0 Å². The van der Waals surface area contributed by atoms with Crippen molar-refractivity contribution in [1.82, 2.24) is 0 Å². The van der Waals surface area contributed by atoms with E-state index in [0.717, 1.165) is 24.3 Å². The van der Waals surface area contributed by atoms with Gasteiger partial charge in [-0.2, -0.15) is 13.2 Å². The normalized spacial score (nSPS) is 13.0. The van der Waals surface area contributed by atoms with E-state index in [2.05, 4.69) is 4.74 Å². The molecule has 0 radical (unpaired) electrons. The molecule has 1 N–H and O–H groups in total. The molecule has 0 fully saturated rings. The lowest BCUT2D eigenvalue weighted by molar-refractivity contribution is -0.137. The number of carbonyl (C=O) groups is 1. The molecule has 1 unspecified atom stereocenters. The summed E-state index contributed by atoms with van der Waals surface area (Å²) in [6.07, 6.45) is -5.71. The van der Waals surface area contributed by atoms with Gasteiger partial charge in [0, 0.05) is 0 Å². The molecule has 7 heteroatoms. The maximum atomic E-state index is 12.4. The van der Waals surface area contributed by atoms with Crippen molar-refractivity contribution >= 4 is 5.97 Å². The van der Waals surface area contributed by atoms with Gasteiger partial charge in [-0.1, -0.05) is 12.1 Å². The monoisotopic (exact) mass is 300 g/mol. The van der Waals surface area contributed by atoms with Gasteiger partial charge in [0.05, 0.1) is 12.7 Å². The second-order valence-electron chi connectivity index (χ2n) is 4.22. The summed E-state index contributed by atoms with van der Waals surface area (Å²) < 4.78 is 46.9. The smallest absolute Gasteiger partial charge is 0.416 e. The number of esters is 1. The van der Waals surface area contributed by atoms with Crippen molar-refractivity contribution in [3.63, 3.8) is 0 Å². The molecule has 1 aromatic heterocycles. The van der Waals surface area contributed by atoms with Gasteiger partial charge in [0.15, 0.2) is 0 Å². The number of carbonyl (C=O) groups excluding carboxylic acids is 1. The highest BCUT2D eigenvalue weighted by Crippen LogP contribution is 2.31. The molecule has 0 aliphatic heterocycles. The third-order valence-electron chi connectivity index (χ3n) is 2.84. The van der Waals surface area contributed by atoms with Gasteiger partial charge in [-0.05, 0) is 29.8 Å². The standard InChI is InChI=1S/C14H11F3O4/c1-20-13(19)11-7-6-10(21-11)12(18)8-2-4-9(5-3-8)14(15,16)17/h2-7,12,18H,1H3. The number of aliphatic hydroxyl groups excluding tert-OH is 1. The van der Waals surface area contributed by atoms with E-state index >= 15 is 0 Å². The maximum absolute atomic E-state index is 12.4. The number of halogens is 3. The molecule has 0 aliphatic carbocycles. The Morgan fingerprint density at radius 1 is 1.19 bits per heavy atom. The molecule has 0 saturated carbocycles. The average Bonchev–Trinajstić information content (AvgIpc) is 2.94. The lowest BCUT2D eigenvalue weighted by Crippen LogP contribution is -2.05. The molecule has 2 aromatic rings. The summed E-state index contributed by atoms with van der Waals surface area (Å²) in [5.41, 5.74) is -0.595. The highest BCUT2D eigenvalue weighted by molar-refractivity contribution is 5.86. The van der Waals surface area contributed by atoms with Gasteiger partial charge in [0.2, 0.25) is 5.76 Å². The number of aliphatic hydroxyl groups is 1. The number of ether oxygens (including phenoxy) is 1. The summed E-state index contributed by atoms with van der Waals surface area (Å²) in [4.78, 5) is 11.2. The van der Waals surface area contributed by atoms with Crippen molar-refractivity contribution < 1.29 is 32.2 Å². The van der Waals surface area contributed by atoms with Crippen molar-refractivity contribution in [2.75, 3.05) is 7.11 Å². The molecule has 0 amide bonds. The van der Waals surface area contributed by atoms with Crippen LogP contribution in [0.3, 0.4) is 0 Å². The molecule has 1 aromatic carbocycles. The highest BCUT2D eigenvalue weighted by Gasteiger charge is 2.30. The Kier molecular flexibility index (Phi) is 4.04. The van der Waals surface area contributed by atoms with Crippen molar-refractivity contribution in [2.45, 2.75) is 12.3 Å². The first-order chi connectivity index (χ1) is 9.82. The molecule has 0 aliphatic rings. The number of hydrogen-bond donors (Lipinski definition) is 1. The summed E-state index contributed by atoms with van der Waals surface area (Å²) in [5.74, 6) is -0.769. The molecule has 0 bridgehead atoms. The first-order valence-electron chi connectivity index (χ1n) is 5.86. The fourth-order valence-electron chi connectivity index (χ4n) is 1.73. The molecule has 21 heavy (non-hydrogen) atoms. The Balaban J connectivity index is 2.22. The SMILES string of the molecule is COC(=O)c1ccc(C(O)c2ccc(C(F)(F)F)cc2)o1. The summed E-state index contributed by atoms with van der Waals surface area (Å²) >= 11 is 0. The predicted octanol–water partition coefficient (Wildman–Crippen LogP) is 3.17. The van der Waals surface area contributed by atoms with Crippen LogP contribution in [-0.2, 0) is 10.9 Å². The van der Waals surface area contributed by atoms with Crippen molar-refractivity contribution in [1.29, 1.82) is 0 Å². The first kappa shape index (κ1) is 15.1. The molecule has 1 atom stereocenters. The lowest BCUT2D eigenvalue weighted by Gasteiger charge is -2.10. The second-order valence-corrected chi connectivity index (χ2v) is 4.22. The van der Waals surface area contributed by atoms with Gasteiger partial charge in [-0.25, -0.2) is 4.79 Å². The van der Waals surface area contributed by atoms with Crippen LogP contribution >= 0.6 is 0 Å². The van der Waals surface area contributed by atoms with Gasteiger partial charge >= 0.3 is 12.1 Å². The molecule has 0 spiro atoms. The van der Waals surface area contributed by atoms with Crippen LogP contribution in [0.25, 0.3) is 0 Å². The Morgan fingerprint density at radius 3 is 2.33 bits per heavy atom. The molecule has 4 nitrogen and oxygen atoms in total. The molecular formula is C14H11F3O4. The second kappa shape index (κ2) is 5.61. The Morgan fingerprint density at radius 2 is 1.81 bits per heavy atom. The Labute approximate surface area is 117 Å². The zero-order valence-electron chi connectivity index (χ0n) is 10.8. The molecule has 112 valence electrons. The van der Waals surface area contributed by atoms with Gasteiger partial charge in [0.25, 0.3) is 0 Å². The predicted molar refractivity (Wildman–Crippen MR) is 65.6 cm³/mol. The molecule has 2 rings (SSSR count). The highest BCUT2D eigenvalue weighted by atomic mass is 19.4. The third-order valence-corrected chi connectivity index (χ3v) is 2.84. The summed E-state index contributed by atoms with van der Waals surface area (Å²) in [6.45, 7) is 0. The van der Waals surface area contributed by atoms with Crippen LogP contribution < -0.4 is 0 Å². The number of alkyl halides is 3. The van der Waals surface area contributed by atoms with Crippen LogP contribution in [0.5, 0.6) is 0 Å². The maximum Gasteiger partial charge on any atom is 0.416 e. The Hall–Kier alpha value is -2.28. The van der Waals surface area contributed by atoms with Crippen molar-refractivity contribution in [2.24, 2.45) is 0 Å². The van der Waals surface area contributed by atoms with Gasteiger partial charge in [0.1, 0.15) is 11.9 Å². The number of hydrogen-bond acceptors (Lipinski definition) is 4. The quantitative estimate of drug-likeness (QED) is 0.885. The first-order valence-corrected chi connectivity index (χ1v) is 5.86. The lowest BCUT2D eigenvalue weighted by atomic mass is 10.1. The van der Waals surface area contributed by atoms with E-state index < -0.39 is 23.8 Å². The zero-order chi connectivity index (χ0) is 15.6. The number of benzene rings is 1. The largest absolute Gasteiger partial charge is 0.463 e. The molecule has 1 heterocycles. The average molecular weight is 300 g/mol. The topological polar surface area (TPSA) is 59.7 Å². The van der Waals surface area contributed by atoms with E-state index in [-0.39, 0.29) is 17.1 Å². The summed E-state index contributed by atoms with van der Waals surface area (Å²) in [5, 5.41) is 10.0. The van der Waals surface area contributed by atoms with E-state index in [1.807, 2.05) is 0 Å².